The summed E-state index contributed by atoms with van der Waals surface area (Å²) in [6.07, 6.45) is 0.844. The summed E-state index contributed by atoms with van der Waals surface area (Å²) in [7, 11) is 0. The van der Waals surface area contributed by atoms with Crippen molar-refractivity contribution in [3.63, 3.8) is 0 Å². The van der Waals surface area contributed by atoms with E-state index in [1.807, 2.05) is 42.2 Å². The first-order valence-corrected chi connectivity index (χ1v) is 11.1. The van der Waals surface area contributed by atoms with Crippen molar-refractivity contribution < 1.29 is 13.9 Å². The van der Waals surface area contributed by atoms with Gasteiger partial charge in [0.05, 0.1) is 11.4 Å². The average Bonchev–Trinajstić information content (AvgIpc) is 3.14. The number of piperazine rings is 1. The molecule has 3 aromatic rings. The van der Waals surface area contributed by atoms with E-state index in [4.69, 9.17) is 4.74 Å². The molecule has 1 aliphatic rings. The molecule has 1 amide bonds. The first-order chi connectivity index (χ1) is 15.6. The van der Waals surface area contributed by atoms with E-state index in [0.717, 1.165) is 49.7 Å². The monoisotopic (exact) mass is 436 g/mol. The third-order valence-corrected chi connectivity index (χ3v) is 5.94. The Hall–Kier alpha value is -3.19. The fraction of sp³-hybridized carbons (Fsp3) is 0.360. The molecular weight excluding hydrogens is 407 g/mol. The maximum Gasteiger partial charge on any atom is 0.226 e. The minimum absolute atomic E-state index is 0.129. The van der Waals surface area contributed by atoms with Gasteiger partial charge < -0.3 is 14.5 Å². The Morgan fingerprint density at radius 2 is 1.72 bits per heavy atom. The lowest BCUT2D eigenvalue weighted by Gasteiger charge is -2.34. The number of rotatable bonds is 7. The molecule has 2 heterocycles. The largest absolute Gasteiger partial charge is 0.436 e. The van der Waals surface area contributed by atoms with Gasteiger partial charge in [-0.15, -0.1) is 0 Å². The van der Waals surface area contributed by atoms with Crippen LogP contribution in [0.15, 0.2) is 54.6 Å². The van der Waals surface area contributed by atoms with Crippen molar-refractivity contribution in [3.8, 4) is 17.3 Å². The predicted octanol–water partition coefficient (Wildman–Crippen LogP) is 4.21. The van der Waals surface area contributed by atoms with Crippen LogP contribution >= 0.6 is 0 Å². The fourth-order valence-corrected chi connectivity index (χ4v) is 4.01. The summed E-state index contributed by atoms with van der Waals surface area (Å²) in [5, 5.41) is 4.66. The molecule has 2 aromatic carbocycles. The number of ether oxygens (including phenoxy) is 1. The van der Waals surface area contributed by atoms with Gasteiger partial charge >= 0.3 is 0 Å². The van der Waals surface area contributed by atoms with Crippen LogP contribution in [0, 0.1) is 12.7 Å². The summed E-state index contributed by atoms with van der Waals surface area (Å²) in [6.45, 7) is 8.39. The number of benzene rings is 2. The van der Waals surface area contributed by atoms with Crippen molar-refractivity contribution in [2.45, 2.75) is 26.7 Å². The SMILES string of the molecule is CCN1CCN(C(=O)CCc2c(C)nn(-c3ccccc3)c2Oc2ccccc2F)CC1. The Labute approximate surface area is 188 Å². The lowest BCUT2D eigenvalue weighted by Crippen LogP contribution is -2.48. The van der Waals surface area contributed by atoms with Crippen molar-refractivity contribution in [3.05, 3.63) is 71.7 Å². The number of carbonyl (C=O) groups is 1. The highest BCUT2D eigenvalue weighted by Crippen LogP contribution is 2.32. The Morgan fingerprint density at radius 3 is 2.41 bits per heavy atom. The molecule has 0 radical (unpaired) electrons. The number of aromatic nitrogens is 2. The highest BCUT2D eigenvalue weighted by atomic mass is 19.1. The summed E-state index contributed by atoms with van der Waals surface area (Å²) in [5.41, 5.74) is 2.40. The van der Waals surface area contributed by atoms with Crippen LogP contribution in [0.25, 0.3) is 5.69 Å². The standard InChI is InChI=1S/C25H29FN4O2/c1-3-28-15-17-29(18-16-28)24(31)14-13-21-19(2)27-30(20-9-5-4-6-10-20)25(21)32-23-12-8-7-11-22(23)26/h4-12H,3,13-18H2,1-2H3. The van der Waals surface area contributed by atoms with Crippen LogP contribution in [-0.4, -0.2) is 58.2 Å². The van der Waals surface area contributed by atoms with Crippen LogP contribution < -0.4 is 4.74 Å². The van der Waals surface area contributed by atoms with E-state index in [0.29, 0.717) is 18.7 Å². The molecule has 0 saturated carbocycles. The normalized spacial score (nSPS) is 14.5. The third-order valence-electron chi connectivity index (χ3n) is 5.94. The number of nitrogens with zero attached hydrogens (tertiary/aromatic N) is 4. The summed E-state index contributed by atoms with van der Waals surface area (Å²) in [4.78, 5) is 17.1. The molecule has 1 fully saturated rings. The molecule has 0 bridgehead atoms. The Balaban J connectivity index is 1.58. The number of amides is 1. The van der Waals surface area contributed by atoms with Gasteiger partial charge in [-0.05, 0) is 44.2 Å². The smallest absolute Gasteiger partial charge is 0.226 e. The molecule has 168 valence electrons. The first kappa shape index (κ1) is 22.0. The third kappa shape index (κ3) is 4.83. The van der Waals surface area contributed by atoms with Gasteiger partial charge in [0.25, 0.3) is 0 Å². The van der Waals surface area contributed by atoms with Crippen molar-refractivity contribution in [1.29, 1.82) is 0 Å². The first-order valence-electron chi connectivity index (χ1n) is 11.1. The van der Waals surface area contributed by atoms with Crippen LogP contribution in [0.1, 0.15) is 24.6 Å². The van der Waals surface area contributed by atoms with E-state index in [1.54, 1.807) is 22.9 Å². The molecule has 0 N–H and O–H groups in total. The molecule has 6 nitrogen and oxygen atoms in total. The van der Waals surface area contributed by atoms with Crippen LogP contribution in [0.3, 0.4) is 0 Å². The van der Waals surface area contributed by atoms with E-state index in [1.165, 1.54) is 6.07 Å². The van der Waals surface area contributed by atoms with Gasteiger partial charge in [0.2, 0.25) is 11.8 Å². The number of halogens is 1. The van der Waals surface area contributed by atoms with Gasteiger partial charge in [0.15, 0.2) is 11.6 Å². The molecular formula is C25H29FN4O2. The molecule has 1 aliphatic heterocycles. The molecule has 0 aliphatic carbocycles. The van der Waals surface area contributed by atoms with Crippen LogP contribution in [0.5, 0.6) is 11.6 Å². The van der Waals surface area contributed by atoms with Crippen molar-refractivity contribution >= 4 is 5.91 Å². The second-order valence-electron chi connectivity index (χ2n) is 7.96. The molecule has 0 spiro atoms. The summed E-state index contributed by atoms with van der Waals surface area (Å²) >= 11 is 0. The van der Waals surface area contributed by atoms with Gasteiger partial charge in [-0.2, -0.15) is 5.10 Å². The minimum Gasteiger partial charge on any atom is -0.436 e. The van der Waals surface area contributed by atoms with Crippen LogP contribution in [0.2, 0.25) is 0 Å². The quantitative estimate of drug-likeness (QED) is 0.557. The van der Waals surface area contributed by atoms with Crippen molar-refractivity contribution in [2.75, 3.05) is 32.7 Å². The van der Waals surface area contributed by atoms with Gasteiger partial charge in [-0.25, -0.2) is 9.07 Å². The maximum absolute atomic E-state index is 14.3. The topological polar surface area (TPSA) is 50.6 Å². The average molecular weight is 437 g/mol. The van der Waals surface area contributed by atoms with E-state index < -0.39 is 5.82 Å². The number of para-hydroxylation sites is 2. The molecule has 1 saturated heterocycles. The minimum atomic E-state index is -0.443. The number of likely N-dealkylation sites (N-methyl/N-ethyl adjacent to an activating group) is 1. The zero-order valence-corrected chi connectivity index (χ0v) is 18.6. The fourth-order valence-electron chi connectivity index (χ4n) is 4.01. The van der Waals surface area contributed by atoms with E-state index in [9.17, 15) is 9.18 Å². The Morgan fingerprint density at radius 1 is 1.03 bits per heavy atom. The molecule has 7 heteroatoms. The number of hydrogen-bond acceptors (Lipinski definition) is 4. The molecule has 0 unspecified atom stereocenters. The van der Waals surface area contributed by atoms with Crippen molar-refractivity contribution in [2.24, 2.45) is 0 Å². The number of carbonyl (C=O) groups excluding carboxylic acids is 1. The van der Waals surface area contributed by atoms with Gasteiger partial charge in [0, 0.05) is 38.2 Å². The molecule has 4 rings (SSSR count). The molecule has 32 heavy (non-hydrogen) atoms. The highest BCUT2D eigenvalue weighted by Gasteiger charge is 2.24. The number of hydrogen-bond donors (Lipinski definition) is 0. The van der Waals surface area contributed by atoms with Gasteiger partial charge in [-0.1, -0.05) is 37.3 Å². The summed E-state index contributed by atoms with van der Waals surface area (Å²) in [5.74, 6) is 0.265. The molecule has 0 atom stereocenters. The zero-order valence-electron chi connectivity index (χ0n) is 18.6. The number of aryl methyl sites for hydroxylation is 1. The zero-order chi connectivity index (χ0) is 22.5. The second kappa shape index (κ2) is 9.96. The van der Waals surface area contributed by atoms with E-state index in [2.05, 4.69) is 16.9 Å². The lowest BCUT2D eigenvalue weighted by molar-refractivity contribution is -0.132. The van der Waals surface area contributed by atoms with Crippen LogP contribution in [-0.2, 0) is 11.2 Å². The van der Waals surface area contributed by atoms with E-state index >= 15 is 0 Å². The van der Waals surface area contributed by atoms with Crippen LogP contribution in [0.4, 0.5) is 4.39 Å². The van der Waals surface area contributed by atoms with Gasteiger partial charge in [0.1, 0.15) is 0 Å². The second-order valence-corrected chi connectivity index (χ2v) is 7.96. The van der Waals surface area contributed by atoms with Gasteiger partial charge in [-0.3, -0.25) is 4.79 Å². The summed E-state index contributed by atoms with van der Waals surface area (Å²) < 4.78 is 22.1. The Bertz CT molecular complexity index is 1060. The lowest BCUT2D eigenvalue weighted by atomic mass is 10.1. The van der Waals surface area contributed by atoms with Crippen molar-refractivity contribution in [1.82, 2.24) is 19.6 Å². The predicted molar refractivity (Wildman–Crippen MR) is 122 cm³/mol. The highest BCUT2D eigenvalue weighted by molar-refractivity contribution is 5.76. The Kier molecular flexibility index (Phi) is 6.85. The maximum atomic E-state index is 14.3. The van der Waals surface area contributed by atoms with E-state index in [-0.39, 0.29) is 11.7 Å². The molecule has 1 aromatic heterocycles. The summed E-state index contributed by atoms with van der Waals surface area (Å²) in [6, 6.07) is 15.9.